The second kappa shape index (κ2) is 8.03. The van der Waals surface area contributed by atoms with Gasteiger partial charge in [0.25, 0.3) is 0 Å². The van der Waals surface area contributed by atoms with Crippen LogP contribution in [0.2, 0.25) is 13.1 Å². The number of nitrogens with zero attached hydrogens (tertiary/aromatic N) is 1. The largest absolute Gasteiger partial charge is 0.303 e. The van der Waals surface area contributed by atoms with Gasteiger partial charge < -0.3 is 4.90 Å². The summed E-state index contributed by atoms with van der Waals surface area (Å²) in [7, 11) is -0.709. The Morgan fingerprint density at radius 3 is 2.21 bits per heavy atom. The number of hydrogen-bond acceptors (Lipinski definition) is 1. The predicted octanol–water partition coefficient (Wildman–Crippen LogP) is 3.67. The average molecular weight is 302 g/mol. The van der Waals surface area contributed by atoms with Crippen LogP contribution in [0.25, 0.3) is 0 Å². The molecule has 1 aromatic rings. The first-order chi connectivity index (χ1) is 8.66. The van der Waals surface area contributed by atoms with Crippen molar-refractivity contribution in [3.8, 4) is 0 Å². The van der Waals surface area contributed by atoms with Crippen molar-refractivity contribution >= 4 is 21.2 Å². The van der Waals surface area contributed by atoms with Crippen LogP contribution in [0.1, 0.15) is 24.8 Å². The van der Waals surface area contributed by atoms with E-state index in [0.717, 1.165) is 12.1 Å². The summed E-state index contributed by atoms with van der Waals surface area (Å²) in [6.45, 7) is 7.39. The summed E-state index contributed by atoms with van der Waals surface area (Å²) in [6.07, 6.45) is 5.19. The smallest absolute Gasteiger partial charge is 0.123 e. The number of halogens is 2. The fourth-order valence-electron chi connectivity index (χ4n) is 2.90. The Labute approximate surface area is 124 Å². The first kappa shape index (κ1) is 16.7. The minimum Gasteiger partial charge on any atom is -0.303 e. The lowest BCUT2D eigenvalue weighted by atomic mass is 10.1. The lowest BCUT2D eigenvalue weighted by Gasteiger charge is -2.36. The molecule has 1 heterocycles. The molecule has 0 radical (unpaired) electrons. The van der Waals surface area contributed by atoms with Crippen LogP contribution < -0.4 is 0 Å². The van der Waals surface area contributed by atoms with Gasteiger partial charge in [0.05, 0.1) is 8.80 Å². The van der Waals surface area contributed by atoms with Gasteiger partial charge in [0, 0.05) is 5.67 Å². The van der Waals surface area contributed by atoms with E-state index in [9.17, 15) is 4.39 Å². The summed E-state index contributed by atoms with van der Waals surface area (Å²) in [5.74, 6) is -0.130. The molecule has 1 unspecified atom stereocenters. The fourth-order valence-corrected chi connectivity index (χ4v) is 4.78. The van der Waals surface area contributed by atoms with Gasteiger partial charge >= 0.3 is 0 Å². The summed E-state index contributed by atoms with van der Waals surface area (Å²) in [4.78, 5) is 2.68. The van der Waals surface area contributed by atoms with Gasteiger partial charge in [-0.15, -0.1) is 12.4 Å². The molecule has 0 amide bonds. The van der Waals surface area contributed by atoms with Gasteiger partial charge in [0.2, 0.25) is 0 Å². The zero-order valence-electron chi connectivity index (χ0n) is 11.9. The SMILES string of the molecule is C[SiH](C)C(Cc1ccc(F)cc1)N1CCCCC1.Cl. The average Bonchev–Trinajstić information content (AvgIpc) is 2.38. The van der Waals surface area contributed by atoms with E-state index in [1.54, 1.807) is 12.1 Å². The third-order valence-corrected chi connectivity index (χ3v) is 6.18. The summed E-state index contributed by atoms with van der Waals surface area (Å²) in [6, 6.07) is 7.07. The van der Waals surface area contributed by atoms with Crippen molar-refractivity contribution < 1.29 is 4.39 Å². The van der Waals surface area contributed by atoms with Gasteiger partial charge in [-0.05, 0) is 50.0 Å². The molecular weight excluding hydrogens is 277 g/mol. The number of likely N-dealkylation sites (tertiary alicyclic amines) is 1. The number of hydrogen-bond donors (Lipinski definition) is 0. The molecule has 1 nitrogen and oxygen atoms in total. The first-order valence-electron chi connectivity index (χ1n) is 7.15. The van der Waals surface area contributed by atoms with E-state index in [0.29, 0.717) is 0 Å². The molecule has 19 heavy (non-hydrogen) atoms. The predicted molar refractivity (Wildman–Crippen MR) is 85.4 cm³/mol. The summed E-state index contributed by atoms with van der Waals surface area (Å²) in [5, 5.41) is 0. The van der Waals surface area contributed by atoms with Gasteiger partial charge in [0.1, 0.15) is 5.82 Å². The summed E-state index contributed by atoms with van der Waals surface area (Å²) in [5.41, 5.74) is 2.02. The molecule has 2 rings (SSSR count). The topological polar surface area (TPSA) is 3.24 Å². The minimum atomic E-state index is -0.709. The highest BCUT2D eigenvalue weighted by atomic mass is 35.5. The van der Waals surface area contributed by atoms with Crippen LogP contribution in [0, 0.1) is 5.82 Å². The van der Waals surface area contributed by atoms with Crippen LogP contribution in [-0.4, -0.2) is 32.5 Å². The van der Waals surface area contributed by atoms with E-state index in [1.165, 1.54) is 37.9 Å². The van der Waals surface area contributed by atoms with Crippen LogP contribution in [0.15, 0.2) is 24.3 Å². The lowest BCUT2D eigenvalue weighted by Crippen LogP contribution is -2.47. The van der Waals surface area contributed by atoms with Gasteiger partial charge in [-0.1, -0.05) is 31.6 Å². The molecule has 0 aliphatic carbocycles. The molecule has 0 bridgehead atoms. The van der Waals surface area contributed by atoms with Crippen LogP contribution in [0.5, 0.6) is 0 Å². The third-order valence-electron chi connectivity index (χ3n) is 3.99. The quantitative estimate of drug-likeness (QED) is 0.767. The number of rotatable bonds is 4. The Morgan fingerprint density at radius 1 is 1.11 bits per heavy atom. The van der Waals surface area contributed by atoms with Gasteiger partial charge in [0.15, 0.2) is 0 Å². The molecule has 1 fully saturated rings. The van der Waals surface area contributed by atoms with E-state index in [2.05, 4.69) is 18.0 Å². The summed E-state index contributed by atoms with van der Waals surface area (Å²) < 4.78 is 12.9. The highest BCUT2D eigenvalue weighted by Gasteiger charge is 2.24. The zero-order chi connectivity index (χ0) is 13.0. The normalized spacial score (nSPS) is 18.1. The molecule has 1 aromatic carbocycles. The van der Waals surface area contributed by atoms with Crippen molar-refractivity contribution in [3.05, 3.63) is 35.6 Å². The van der Waals surface area contributed by atoms with Crippen molar-refractivity contribution in [2.75, 3.05) is 13.1 Å². The lowest BCUT2D eigenvalue weighted by molar-refractivity contribution is 0.204. The minimum absolute atomic E-state index is 0. The fraction of sp³-hybridized carbons (Fsp3) is 0.600. The molecule has 108 valence electrons. The monoisotopic (exact) mass is 301 g/mol. The Bertz CT molecular complexity index is 363. The maximum Gasteiger partial charge on any atom is 0.123 e. The highest BCUT2D eigenvalue weighted by molar-refractivity contribution is 6.57. The third kappa shape index (κ3) is 4.90. The van der Waals surface area contributed by atoms with Gasteiger partial charge in [-0.25, -0.2) is 4.39 Å². The van der Waals surface area contributed by atoms with Crippen LogP contribution in [0.4, 0.5) is 4.39 Å². The Morgan fingerprint density at radius 2 is 1.68 bits per heavy atom. The maximum atomic E-state index is 12.9. The Kier molecular flexibility index (Phi) is 7.04. The standard InChI is InChI=1S/C15H24FNSi.ClH/c1-18(2)15(17-10-4-3-5-11-17)12-13-6-8-14(16)9-7-13;/h6-9,15,18H,3-5,10-12H2,1-2H3;1H. The number of benzene rings is 1. The van der Waals surface area contributed by atoms with Crippen LogP contribution >= 0.6 is 12.4 Å². The van der Waals surface area contributed by atoms with Gasteiger partial charge in [-0.3, -0.25) is 0 Å². The summed E-state index contributed by atoms with van der Waals surface area (Å²) >= 11 is 0. The van der Waals surface area contributed by atoms with Crippen LogP contribution in [0.3, 0.4) is 0 Å². The van der Waals surface area contributed by atoms with E-state index >= 15 is 0 Å². The number of piperidine rings is 1. The van der Waals surface area contributed by atoms with Crippen molar-refractivity contribution in [2.45, 2.75) is 44.4 Å². The van der Waals surface area contributed by atoms with E-state index in [4.69, 9.17) is 0 Å². The first-order valence-corrected chi connectivity index (χ1v) is 10.1. The molecular formula is C15H25ClFNSi. The van der Waals surface area contributed by atoms with Crippen molar-refractivity contribution in [1.82, 2.24) is 4.90 Å². The van der Waals surface area contributed by atoms with E-state index < -0.39 is 8.80 Å². The van der Waals surface area contributed by atoms with Crippen molar-refractivity contribution in [3.63, 3.8) is 0 Å². The maximum absolute atomic E-state index is 12.9. The molecule has 0 saturated carbocycles. The zero-order valence-corrected chi connectivity index (χ0v) is 13.9. The molecule has 1 saturated heterocycles. The van der Waals surface area contributed by atoms with E-state index in [1.807, 2.05) is 12.1 Å². The Hall–Kier alpha value is -0.383. The second-order valence-corrected chi connectivity index (χ2v) is 9.00. The highest BCUT2D eigenvalue weighted by Crippen LogP contribution is 2.18. The molecule has 0 aromatic heterocycles. The molecule has 1 aliphatic rings. The Balaban J connectivity index is 0.00000180. The van der Waals surface area contributed by atoms with Gasteiger partial charge in [-0.2, -0.15) is 0 Å². The van der Waals surface area contributed by atoms with Crippen LogP contribution in [-0.2, 0) is 6.42 Å². The molecule has 1 atom stereocenters. The molecule has 1 aliphatic heterocycles. The van der Waals surface area contributed by atoms with Crippen molar-refractivity contribution in [2.24, 2.45) is 0 Å². The molecule has 4 heteroatoms. The van der Waals surface area contributed by atoms with Crippen molar-refractivity contribution in [1.29, 1.82) is 0 Å². The molecule has 0 spiro atoms. The van der Waals surface area contributed by atoms with E-state index in [-0.39, 0.29) is 18.2 Å². The second-order valence-electron chi connectivity index (χ2n) is 5.74. The molecule has 0 N–H and O–H groups in total.